The Morgan fingerprint density at radius 2 is 1.94 bits per heavy atom. The van der Waals surface area contributed by atoms with Gasteiger partial charge in [0.15, 0.2) is 17.3 Å². The molecule has 2 aromatic rings. The van der Waals surface area contributed by atoms with Crippen LogP contribution in [0.1, 0.15) is 25.3 Å². The number of nitrogens with one attached hydrogen (secondary N) is 1. The summed E-state index contributed by atoms with van der Waals surface area (Å²) in [6.45, 7) is 2.64. The number of ether oxygens (including phenoxy) is 3. The third-order valence-corrected chi connectivity index (χ3v) is 6.11. The number of fused-ring (bicyclic) bond motifs is 1. The first-order valence-corrected chi connectivity index (χ1v) is 11.9. The molecule has 0 bridgehead atoms. The van der Waals surface area contributed by atoms with Crippen LogP contribution in [0.15, 0.2) is 58.1 Å². The zero-order chi connectivity index (χ0) is 24.1. The molecule has 8 nitrogen and oxygen atoms in total. The van der Waals surface area contributed by atoms with Crippen molar-refractivity contribution in [1.29, 1.82) is 5.41 Å². The van der Waals surface area contributed by atoms with E-state index in [4.69, 9.17) is 31.2 Å². The second kappa shape index (κ2) is 10.8. The van der Waals surface area contributed by atoms with Crippen LogP contribution in [0.2, 0.25) is 5.02 Å². The van der Waals surface area contributed by atoms with E-state index in [1.54, 1.807) is 18.2 Å². The molecule has 176 valence electrons. The Morgan fingerprint density at radius 3 is 2.68 bits per heavy atom. The third-order valence-electron chi connectivity index (χ3n) is 4.86. The maximum atomic E-state index is 12.6. The highest BCUT2D eigenvalue weighted by molar-refractivity contribution is 8.26. The quantitative estimate of drug-likeness (QED) is 0.376. The highest BCUT2D eigenvalue weighted by atomic mass is 35.5. The van der Waals surface area contributed by atoms with Crippen LogP contribution < -0.4 is 14.2 Å². The molecule has 0 spiro atoms. The minimum Gasteiger partial charge on any atom is -0.493 e. The molecule has 0 fully saturated rings. The van der Waals surface area contributed by atoms with Gasteiger partial charge in [0.1, 0.15) is 24.0 Å². The van der Waals surface area contributed by atoms with Crippen molar-refractivity contribution in [3.63, 3.8) is 0 Å². The van der Waals surface area contributed by atoms with Gasteiger partial charge in [-0.05, 0) is 60.5 Å². The molecule has 0 atom stereocenters. The number of hydrogen-bond acceptors (Lipinski definition) is 7. The zero-order valence-electron chi connectivity index (χ0n) is 18.7. The van der Waals surface area contributed by atoms with Gasteiger partial charge in [-0.2, -0.15) is 15.1 Å². The highest BCUT2D eigenvalue weighted by Gasteiger charge is 2.35. The molecule has 2 aromatic carbocycles. The van der Waals surface area contributed by atoms with Crippen LogP contribution in [-0.4, -0.2) is 47.3 Å². The number of hydrogen-bond donors (Lipinski definition) is 1. The first kappa shape index (κ1) is 23.8. The predicted octanol–water partition coefficient (Wildman–Crippen LogP) is 5.23. The molecule has 0 aliphatic carbocycles. The number of benzene rings is 2. The van der Waals surface area contributed by atoms with Crippen molar-refractivity contribution in [1.82, 2.24) is 5.01 Å². The van der Waals surface area contributed by atoms with Crippen molar-refractivity contribution in [2.75, 3.05) is 20.3 Å². The van der Waals surface area contributed by atoms with Crippen LogP contribution in [0.4, 0.5) is 0 Å². The van der Waals surface area contributed by atoms with Gasteiger partial charge < -0.3 is 14.2 Å². The Morgan fingerprint density at radius 1 is 1.18 bits per heavy atom. The summed E-state index contributed by atoms with van der Waals surface area (Å²) in [7, 11) is 1.51. The lowest BCUT2D eigenvalue weighted by molar-refractivity contribution is -0.114. The summed E-state index contributed by atoms with van der Waals surface area (Å²) in [5, 5.41) is 15.9. The van der Waals surface area contributed by atoms with Gasteiger partial charge in [0.05, 0.1) is 17.7 Å². The fourth-order valence-corrected chi connectivity index (χ4v) is 4.56. The number of aliphatic imine (C=N–C) groups is 1. The second-order valence-electron chi connectivity index (χ2n) is 7.31. The fourth-order valence-electron chi connectivity index (χ4n) is 3.30. The first-order chi connectivity index (χ1) is 16.5. The Bertz CT molecular complexity index is 1200. The van der Waals surface area contributed by atoms with Crippen LogP contribution in [0.3, 0.4) is 0 Å². The van der Waals surface area contributed by atoms with E-state index in [0.717, 1.165) is 23.6 Å². The molecule has 2 aliphatic rings. The zero-order valence-corrected chi connectivity index (χ0v) is 20.3. The van der Waals surface area contributed by atoms with Crippen molar-refractivity contribution in [2.45, 2.75) is 19.8 Å². The number of amides is 1. The lowest BCUT2D eigenvalue weighted by atomic mass is 10.1. The first-order valence-electron chi connectivity index (χ1n) is 10.7. The van der Waals surface area contributed by atoms with Crippen molar-refractivity contribution >= 4 is 51.4 Å². The van der Waals surface area contributed by atoms with Crippen LogP contribution in [0, 0.1) is 5.41 Å². The fraction of sp³-hybridized carbons (Fsp3) is 0.250. The molecule has 0 radical (unpaired) electrons. The Labute approximate surface area is 206 Å². The number of carbonyl (C=O) groups is 1. The monoisotopic (exact) mass is 498 g/mol. The van der Waals surface area contributed by atoms with Gasteiger partial charge in [0.25, 0.3) is 5.91 Å². The summed E-state index contributed by atoms with van der Waals surface area (Å²) in [6, 6.07) is 12.8. The summed E-state index contributed by atoms with van der Waals surface area (Å²) in [5.41, 5.74) is 0.694. The molecule has 0 saturated heterocycles. The number of rotatable bonds is 9. The number of thioether (sulfide) groups is 1. The van der Waals surface area contributed by atoms with Gasteiger partial charge in [-0.15, -0.1) is 0 Å². The van der Waals surface area contributed by atoms with Crippen LogP contribution in [-0.2, 0) is 4.79 Å². The molecule has 0 unspecified atom stereocenters. The van der Waals surface area contributed by atoms with Gasteiger partial charge in [0, 0.05) is 0 Å². The summed E-state index contributed by atoms with van der Waals surface area (Å²) in [6.07, 6.45) is 3.24. The van der Waals surface area contributed by atoms with Gasteiger partial charge in [-0.3, -0.25) is 10.2 Å². The highest BCUT2D eigenvalue weighted by Crippen LogP contribution is 2.37. The van der Waals surface area contributed by atoms with E-state index in [0.29, 0.717) is 33.9 Å². The van der Waals surface area contributed by atoms with Gasteiger partial charge in [-0.1, -0.05) is 36.7 Å². The van der Waals surface area contributed by atoms with Gasteiger partial charge in [0.2, 0.25) is 5.17 Å². The summed E-state index contributed by atoms with van der Waals surface area (Å²) in [4.78, 5) is 16.7. The topological polar surface area (TPSA) is 96.6 Å². The van der Waals surface area contributed by atoms with Gasteiger partial charge in [-0.25, -0.2) is 0 Å². The van der Waals surface area contributed by atoms with Crippen molar-refractivity contribution in [3.8, 4) is 17.2 Å². The molecule has 1 amide bonds. The molecule has 1 N–H and O–H groups in total. The normalized spacial score (nSPS) is 16.3. The van der Waals surface area contributed by atoms with E-state index < -0.39 is 5.91 Å². The predicted molar refractivity (Wildman–Crippen MR) is 135 cm³/mol. The van der Waals surface area contributed by atoms with Crippen molar-refractivity contribution in [2.24, 2.45) is 10.1 Å². The molecule has 0 saturated carbocycles. The molecule has 10 heteroatoms. The van der Waals surface area contributed by atoms with E-state index in [-0.39, 0.29) is 18.0 Å². The summed E-state index contributed by atoms with van der Waals surface area (Å²) < 4.78 is 16.9. The van der Waals surface area contributed by atoms with Crippen LogP contribution in [0.25, 0.3) is 6.08 Å². The van der Waals surface area contributed by atoms with Crippen LogP contribution in [0.5, 0.6) is 17.2 Å². The number of hydrazone groups is 1. The summed E-state index contributed by atoms with van der Waals surface area (Å²) in [5.74, 6) is 1.00. The molecule has 2 aliphatic heterocycles. The summed E-state index contributed by atoms with van der Waals surface area (Å²) >= 11 is 7.79. The maximum absolute atomic E-state index is 12.6. The Kier molecular flexibility index (Phi) is 7.54. The molecular weight excluding hydrogens is 476 g/mol. The number of para-hydroxylation sites is 1. The lowest BCUT2D eigenvalue weighted by Crippen LogP contribution is -2.35. The molecular formula is C24H23ClN4O4S. The average Bonchev–Trinajstić information content (AvgIpc) is 3.23. The van der Waals surface area contributed by atoms with E-state index in [9.17, 15) is 4.79 Å². The van der Waals surface area contributed by atoms with E-state index >= 15 is 0 Å². The minimum atomic E-state index is -0.495. The number of carbonyl (C=O) groups excluding carboxylic acids is 1. The van der Waals surface area contributed by atoms with Crippen LogP contribution >= 0.6 is 23.4 Å². The maximum Gasteiger partial charge on any atom is 0.283 e. The molecule has 2 heterocycles. The number of methoxy groups -OCH3 is 1. The van der Waals surface area contributed by atoms with Crippen molar-refractivity contribution < 1.29 is 19.0 Å². The average molecular weight is 499 g/mol. The lowest BCUT2D eigenvalue weighted by Gasteiger charge is -2.20. The minimum absolute atomic E-state index is 0.0259. The SMILES string of the molecule is CCCC1=NN2C(=N)/C(=C/c3cc(Cl)c(OCCOc4ccccc4)c(OC)c3)C(=O)N=C2S1. The van der Waals surface area contributed by atoms with E-state index in [1.807, 2.05) is 37.3 Å². The smallest absolute Gasteiger partial charge is 0.283 e. The Balaban J connectivity index is 1.50. The molecule has 4 rings (SSSR count). The van der Waals surface area contributed by atoms with E-state index in [1.165, 1.54) is 23.9 Å². The van der Waals surface area contributed by atoms with Gasteiger partial charge >= 0.3 is 0 Å². The molecule has 0 aromatic heterocycles. The Hall–Kier alpha value is -3.30. The second-order valence-corrected chi connectivity index (χ2v) is 8.76. The number of halogens is 1. The van der Waals surface area contributed by atoms with E-state index in [2.05, 4.69) is 10.1 Å². The van der Waals surface area contributed by atoms with Crippen molar-refractivity contribution in [3.05, 3.63) is 58.6 Å². The number of nitrogens with zero attached hydrogens (tertiary/aromatic N) is 3. The third kappa shape index (κ3) is 5.26. The number of amidine groups is 2. The molecule has 34 heavy (non-hydrogen) atoms. The standard InChI is InChI=1S/C24H23ClN4O4S/c1-3-7-20-28-29-22(26)17(23(30)27-24(29)34-20)12-15-13-18(25)21(19(14-15)31-2)33-11-10-32-16-8-5-4-6-9-16/h4-6,8-9,12-14,26H,3,7,10-11H2,1-2H3/b17-12-,26-22?. The largest absolute Gasteiger partial charge is 0.493 e.